The third kappa shape index (κ3) is 2.62. The molecule has 1 saturated heterocycles. The molecule has 18 heavy (non-hydrogen) atoms. The molecule has 0 aromatic heterocycles. The number of nitrogens with zero attached hydrogens (tertiary/aromatic N) is 2. The van der Waals surface area contributed by atoms with Crippen molar-refractivity contribution >= 4 is 38.9 Å². The Balaban J connectivity index is 2.51. The van der Waals surface area contributed by atoms with Crippen LogP contribution >= 0.6 is 27.5 Å². The molecule has 0 N–H and O–H groups in total. The van der Waals surface area contributed by atoms with Crippen molar-refractivity contribution in [2.24, 2.45) is 0 Å². The molecule has 1 atom stereocenters. The van der Waals surface area contributed by atoms with Crippen LogP contribution < -0.4 is 4.90 Å². The monoisotopic (exact) mass is 332 g/mol. The van der Waals surface area contributed by atoms with Crippen LogP contribution in [0.4, 0.5) is 11.4 Å². The minimum absolute atomic E-state index is 0.0723. The molecule has 1 aromatic carbocycles. The summed E-state index contributed by atoms with van der Waals surface area (Å²) < 4.78 is 0.690. The van der Waals surface area contributed by atoms with E-state index in [0.29, 0.717) is 21.2 Å². The number of nitro groups is 1. The average Bonchev–Trinajstić information content (AvgIpc) is 2.29. The lowest BCUT2D eigenvalue weighted by Crippen LogP contribution is -2.38. The molecule has 0 saturated carbocycles. The van der Waals surface area contributed by atoms with E-state index in [0.717, 1.165) is 19.4 Å². The number of nitro benzene ring substituents is 1. The van der Waals surface area contributed by atoms with Crippen LogP contribution in [0, 0.1) is 10.1 Å². The first-order valence-electron chi connectivity index (χ1n) is 5.91. The van der Waals surface area contributed by atoms with E-state index in [9.17, 15) is 10.1 Å². The van der Waals surface area contributed by atoms with E-state index in [1.54, 1.807) is 6.07 Å². The molecule has 6 heteroatoms. The van der Waals surface area contributed by atoms with Gasteiger partial charge in [-0.25, -0.2) is 0 Å². The van der Waals surface area contributed by atoms with Crippen LogP contribution in [0.25, 0.3) is 0 Å². The van der Waals surface area contributed by atoms with Gasteiger partial charge in [0.05, 0.1) is 4.92 Å². The van der Waals surface area contributed by atoms with Gasteiger partial charge in [0.15, 0.2) is 0 Å². The first-order valence-corrected chi connectivity index (χ1v) is 7.08. The second-order valence-electron chi connectivity index (χ2n) is 4.55. The molecule has 0 aliphatic carbocycles. The predicted molar refractivity (Wildman–Crippen MR) is 76.5 cm³/mol. The zero-order chi connectivity index (χ0) is 13.3. The maximum Gasteiger partial charge on any atom is 0.295 e. The maximum atomic E-state index is 11.2. The van der Waals surface area contributed by atoms with Crippen LogP contribution in [0.3, 0.4) is 0 Å². The fraction of sp³-hybridized carbons (Fsp3) is 0.500. The Kier molecular flexibility index (Phi) is 4.12. The standard InChI is InChI=1S/C12H14BrClN2O2/c1-8-4-2-3-5-15(8)12-10(13)6-9(14)7-11(12)16(17)18/h6-8H,2-5H2,1H3. The van der Waals surface area contributed by atoms with Gasteiger partial charge >= 0.3 is 0 Å². The molecule has 0 bridgehead atoms. The molecular weight excluding hydrogens is 320 g/mol. The van der Waals surface area contributed by atoms with Crippen molar-refractivity contribution in [3.8, 4) is 0 Å². The Morgan fingerprint density at radius 3 is 2.83 bits per heavy atom. The molecule has 4 nitrogen and oxygen atoms in total. The Labute approximate surface area is 119 Å². The number of piperidine rings is 1. The summed E-state index contributed by atoms with van der Waals surface area (Å²) in [6.07, 6.45) is 3.31. The first kappa shape index (κ1) is 13.6. The third-order valence-electron chi connectivity index (χ3n) is 3.29. The summed E-state index contributed by atoms with van der Waals surface area (Å²) >= 11 is 9.29. The molecule has 1 unspecified atom stereocenters. The van der Waals surface area contributed by atoms with Crippen molar-refractivity contribution in [3.05, 3.63) is 31.7 Å². The van der Waals surface area contributed by atoms with E-state index in [4.69, 9.17) is 11.6 Å². The average molecular weight is 334 g/mol. The van der Waals surface area contributed by atoms with E-state index in [2.05, 4.69) is 27.8 Å². The second-order valence-corrected chi connectivity index (χ2v) is 5.84. The first-order chi connectivity index (χ1) is 8.50. The van der Waals surface area contributed by atoms with Gasteiger partial charge in [-0.1, -0.05) is 11.6 Å². The molecule has 1 aliphatic rings. The van der Waals surface area contributed by atoms with Crippen LogP contribution in [-0.2, 0) is 0 Å². The molecule has 1 heterocycles. The van der Waals surface area contributed by atoms with Crippen LogP contribution in [0.15, 0.2) is 16.6 Å². The molecule has 1 fully saturated rings. The van der Waals surface area contributed by atoms with E-state index in [-0.39, 0.29) is 10.6 Å². The highest BCUT2D eigenvalue weighted by molar-refractivity contribution is 9.10. The highest BCUT2D eigenvalue weighted by atomic mass is 79.9. The SMILES string of the molecule is CC1CCCCN1c1c(Br)cc(Cl)cc1[N+](=O)[O-]. The number of anilines is 1. The quantitative estimate of drug-likeness (QED) is 0.595. The lowest BCUT2D eigenvalue weighted by atomic mass is 10.0. The second kappa shape index (κ2) is 5.45. The number of hydrogen-bond acceptors (Lipinski definition) is 3. The van der Waals surface area contributed by atoms with Gasteiger partial charge < -0.3 is 4.90 Å². The van der Waals surface area contributed by atoms with Gasteiger partial charge in [0.1, 0.15) is 5.69 Å². The van der Waals surface area contributed by atoms with E-state index < -0.39 is 0 Å². The number of rotatable bonds is 2. The lowest BCUT2D eigenvalue weighted by molar-refractivity contribution is -0.384. The summed E-state index contributed by atoms with van der Waals surface area (Å²) in [7, 11) is 0. The van der Waals surface area contributed by atoms with Gasteiger partial charge in [-0.15, -0.1) is 0 Å². The van der Waals surface area contributed by atoms with Crippen LogP contribution in [0.5, 0.6) is 0 Å². The number of benzene rings is 1. The normalized spacial score (nSPS) is 19.9. The Morgan fingerprint density at radius 2 is 2.22 bits per heavy atom. The lowest BCUT2D eigenvalue weighted by Gasteiger charge is -2.35. The molecule has 0 radical (unpaired) electrons. The van der Waals surface area contributed by atoms with Crippen LogP contribution in [0.1, 0.15) is 26.2 Å². The summed E-state index contributed by atoms with van der Waals surface area (Å²) in [5.74, 6) is 0. The Bertz CT molecular complexity index is 481. The summed E-state index contributed by atoms with van der Waals surface area (Å²) in [6.45, 7) is 2.95. The topological polar surface area (TPSA) is 46.4 Å². The fourth-order valence-corrected chi connectivity index (χ4v) is 3.43. The van der Waals surface area contributed by atoms with Crippen molar-refractivity contribution in [2.75, 3.05) is 11.4 Å². The van der Waals surface area contributed by atoms with E-state index in [1.807, 2.05) is 0 Å². The number of hydrogen-bond donors (Lipinski definition) is 0. The zero-order valence-electron chi connectivity index (χ0n) is 10.0. The van der Waals surface area contributed by atoms with Gasteiger partial charge in [0.2, 0.25) is 0 Å². The third-order valence-corrected chi connectivity index (χ3v) is 4.12. The summed E-state index contributed by atoms with van der Waals surface area (Å²) in [4.78, 5) is 12.9. The molecule has 98 valence electrons. The maximum absolute atomic E-state index is 11.2. The van der Waals surface area contributed by atoms with Crippen molar-refractivity contribution in [3.63, 3.8) is 0 Å². The van der Waals surface area contributed by atoms with E-state index >= 15 is 0 Å². The van der Waals surface area contributed by atoms with Crippen molar-refractivity contribution < 1.29 is 4.92 Å². The molecule has 2 rings (SSSR count). The highest BCUT2D eigenvalue weighted by Gasteiger charge is 2.28. The summed E-state index contributed by atoms with van der Waals surface area (Å²) in [5, 5.41) is 11.6. The van der Waals surface area contributed by atoms with E-state index in [1.165, 1.54) is 12.5 Å². The molecule has 1 aliphatic heterocycles. The summed E-state index contributed by atoms with van der Waals surface area (Å²) in [6, 6.07) is 3.45. The molecule has 0 amide bonds. The van der Waals surface area contributed by atoms with Gasteiger partial charge in [0.25, 0.3) is 5.69 Å². The molecule has 0 spiro atoms. The van der Waals surface area contributed by atoms with Crippen LogP contribution in [0.2, 0.25) is 5.02 Å². The summed E-state index contributed by atoms with van der Waals surface area (Å²) in [5.41, 5.74) is 0.722. The Morgan fingerprint density at radius 1 is 1.50 bits per heavy atom. The minimum Gasteiger partial charge on any atom is -0.362 e. The fourth-order valence-electron chi connectivity index (χ4n) is 2.41. The molecule has 1 aromatic rings. The Hall–Kier alpha value is -0.810. The van der Waals surface area contributed by atoms with Crippen molar-refractivity contribution in [2.45, 2.75) is 32.2 Å². The predicted octanol–water partition coefficient (Wildman–Crippen LogP) is 4.39. The molecular formula is C12H14BrClN2O2. The van der Waals surface area contributed by atoms with Gasteiger partial charge in [-0.05, 0) is 48.2 Å². The highest BCUT2D eigenvalue weighted by Crippen LogP contribution is 2.40. The zero-order valence-corrected chi connectivity index (χ0v) is 12.4. The van der Waals surface area contributed by atoms with Gasteiger partial charge in [0, 0.05) is 28.1 Å². The van der Waals surface area contributed by atoms with Crippen molar-refractivity contribution in [1.29, 1.82) is 0 Å². The number of halogens is 2. The van der Waals surface area contributed by atoms with Crippen LogP contribution in [-0.4, -0.2) is 17.5 Å². The van der Waals surface area contributed by atoms with Crippen molar-refractivity contribution in [1.82, 2.24) is 0 Å². The largest absolute Gasteiger partial charge is 0.362 e. The smallest absolute Gasteiger partial charge is 0.295 e. The minimum atomic E-state index is -0.368. The van der Waals surface area contributed by atoms with Gasteiger partial charge in [-0.2, -0.15) is 0 Å². The van der Waals surface area contributed by atoms with Gasteiger partial charge in [-0.3, -0.25) is 10.1 Å².